The van der Waals surface area contributed by atoms with E-state index >= 15 is 0 Å². The van der Waals surface area contributed by atoms with Gasteiger partial charge in [0.15, 0.2) is 4.21 Å². The van der Waals surface area contributed by atoms with Crippen LogP contribution in [0.4, 0.5) is 0 Å². The van der Waals surface area contributed by atoms with E-state index in [1.54, 1.807) is 13.8 Å². The molecule has 0 radical (unpaired) electrons. The van der Waals surface area contributed by atoms with Crippen LogP contribution < -0.4 is 4.72 Å². The van der Waals surface area contributed by atoms with Gasteiger partial charge in [0, 0.05) is 11.3 Å². The molecule has 1 heterocycles. The minimum absolute atomic E-state index is 0.0629. The van der Waals surface area contributed by atoms with E-state index in [0.29, 0.717) is 5.01 Å². The summed E-state index contributed by atoms with van der Waals surface area (Å²) in [6, 6.07) is -0.331. The second-order valence-electron chi connectivity index (χ2n) is 3.57. The van der Waals surface area contributed by atoms with Crippen LogP contribution in [0.2, 0.25) is 0 Å². The SMILES string of the molecule is CSC(CO)C(C)NS(=O)(=O)c1cnc(C)s1. The molecule has 1 rings (SSSR count). The number of thiazole rings is 1. The second kappa shape index (κ2) is 6.14. The first-order valence-corrected chi connectivity index (χ1v) is 8.58. The van der Waals surface area contributed by atoms with Gasteiger partial charge in [0.05, 0.1) is 17.8 Å². The van der Waals surface area contributed by atoms with Crippen molar-refractivity contribution in [1.29, 1.82) is 0 Å². The summed E-state index contributed by atoms with van der Waals surface area (Å²) in [6.45, 7) is 3.43. The van der Waals surface area contributed by atoms with Crippen molar-refractivity contribution < 1.29 is 13.5 Å². The molecule has 0 amide bonds. The average molecular weight is 296 g/mol. The minimum atomic E-state index is -3.52. The van der Waals surface area contributed by atoms with Crippen LogP contribution >= 0.6 is 23.1 Å². The van der Waals surface area contributed by atoms with Crippen LogP contribution in [-0.2, 0) is 10.0 Å². The molecule has 0 aliphatic carbocycles. The van der Waals surface area contributed by atoms with Crippen molar-refractivity contribution >= 4 is 33.1 Å². The lowest BCUT2D eigenvalue weighted by Gasteiger charge is -2.20. The summed E-state index contributed by atoms with van der Waals surface area (Å²) < 4.78 is 26.7. The Morgan fingerprint density at radius 2 is 2.29 bits per heavy atom. The molecule has 8 heteroatoms. The number of aliphatic hydroxyl groups excluding tert-OH is 1. The fraction of sp³-hybridized carbons (Fsp3) is 0.667. The van der Waals surface area contributed by atoms with Crippen molar-refractivity contribution in [2.45, 2.75) is 29.3 Å². The van der Waals surface area contributed by atoms with Gasteiger partial charge in [0.25, 0.3) is 10.0 Å². The number of sulfonamides is 1. The summed E-state index contributed by atoms with van der Waals surface area (Å²) >= 11 is 2.56. The summed E-state index contributed by atoms with van der Waals surface area (Å²) in [5.41, 5.74) is 0. The molecular formula is C9H16N2O3S3. The second-order valence-corrected chi connectivity index (χ2v) is 7.82. The summed E-state index contributed by atoms with van der Waals surface area (Å²) in [4.78, 5) is 3.92. The predicted molar refractivity (Wildman–Crippen MR) is 71.0 cm³/mol. The number of aryl methyl sites for hydroxylation is 1. The van der Waals surface area contributed by atoms with Crippen molar-refractivity contribution in [2.75, 3.05) is 12.9 Å². The first-order chi connectivity index (χ1) is 7.90. The molecule has 2 atom stereocenters. The van der Waals surface area contributed by atoms with Gasteiger partial charge in [0.2, 0.25) is 0 Å². The molecule has 0 bridgehead atoms. The molecule has 0 spiro atoms. The Bertz CT molecular complexity index is 454. The summed E-state index contributed by atoms with van der Waals surface area (Å²) in [5.74, 6) is 0. The maximum atomic E-state index is 12.0. The largest absolute Gasteiger partial charge is 0.395 e. The Morgan fingerprint density at radius 3 is 2.71 bits per heavy atom. The van der Waals surface area contributed by atoms with Crippen LogP contribution in [0.1, 0.15) is 11.9 Å². The first kappa shape index (κ1) is 14.9. The number of hydrogen-bond acceptors (Lipinski definition) is 6. The molecule has 2 unspecified atom stereocenters. The van der Waals surface area contributed by atoms with E-state index in [2.05, 4.69) is 9.71 Å². The molecule has 5 nitrogen and oxygen atoms in total. The van der Waals surface area contributed by atoms with Gasteiger partial charge < -0.3 is 5.11 Å². The van der Waals surface area contributed by atoms with Crippen molar-refractivity contribution in [2.24, 2.45) is 0 Å². The van der Waals surface area contributed by atoms with Gasteiger partial charge in [-0.05, 0) is 20.1 Å². The molecule has 0 aliphatic rings. The molecule has 0 saturated heterocycles. The van der Waals surface area contributed by atoms with Gasteiger partial charge in [-0.15, -0.1) is 11.3 Å². The highest BCUT2D eigenvalue weighted by atomic mass is 32.2. The average Bonchev–Trinajstić information content (AvgIpc) is 2.66. The number of thioether (sulfide) groups is 1. The molecule has 0 aliphatic heterocycles. The van der Waals surface area contributed by atoms with Gasteiger partial charge >= 0.3 is 0 Å². The summed E-state index contributed by atoms with van der Waals surface area (Å²) in [6.07, 6.45) is 3.19. The summed E-state index contributed by atoms with van der Waals surface area (Å²) in [5, 5.41) is 9.66. The lowest BCUT2D eigenvalue weighted by Crippen LogP contribution is -2.40. The van der Waals surface area contributed by atoms with Crippen LogP contribution in [0, 0.1) is 6.92 Å². The molecule has 2 N–H and O–H groups in total. The highest BCUT2D eigenvalue weighted by Gasteiger charge is 2.24. The van der Waals surface area contributed by atoms with E-state index in [1.165, 1.54) is 18.0 Å². The zero-order chi connectivity index (χ0) is 13.1. The molecule has 0 aromatic carbocycles. The van der Waals surface area contributed by atoms with Crippen LogP contribution in [0.25, 0.3) is 0 Å². The molecule has 0 fully saturated rings. The van der Waals surface area contributed by atoms with Crippen LogP contribution in [0.5, 0.6) is 0 Å². The van der Waals surface area contributed by atoms with Crippen molar-refractivity contribution in [3.8, 4) is 0 Å². The number of nitrogens with one attached hydrogen (secondary N) is 1. The number of hydrogen-bond donors (Lipinski definition) is 2. The minimum Gasteiger partial charge on any atom is -0.395 e. The van der Waals surface area contributed by atoms with Gasteiger partial charge in [-0.25, -0.2) is 18.1 Å². The number of aliphatic hydroxyl groups is 1. The third kappa shape index (κ3) is 3.92. The highest BCUT2D eigenvalue weighted by Crippen LogP contribution is 2.19. The van der Waals surface area contributed by atoms with Crippen LogP contribution in [0.15, 0.2) is 10.4 Å². The number of nitrogens with zero attached hydrogens (tertiary/aromatic N) is 1. The Morgan fingerprint density at radius 1 is 1.65 bits per heavy atom. The van der Waals surface area contributed by atoms with Gasteiger partial charge in [-0.1, -0.05) is 0 Å². The molecular weight excluding hydrogens is 280 g/mol. The Balaban J connectivity index is 2.80. The predicted octanol–water partition coefficient (Wildman–Crippen LogP) is 0.842. The zero-order valence-electron chi connectivity index (χ0n) is 9.87. The fourth-order valence-electron chi connectivity index (χ4n) is 1.28. The summed E-state index contributed by atoms with van der Waals surface area (Å²) in [7, 11) is -3.52. The Hall–Kier alpha value is -0.150. The lowest BCUT2D eigenvalue weighted by atomic mass is 10.3. The number of rotatable bonds is 6. The molecule has 0 saturated carbocycles. The normalized spacial score (nSPS) is 15.8. The van der Waals surface area contributed by atoms with E-state index in [4.69, 9.17) is 5.11 Å². The third-order valence-electron chi connectivity index (χ3n) is 2.25. The Kier molecular flexibility index (Phi) is 5.39. The van der Waals surface area contributed by atoms with Crippen molar-refractivity contribution in [3.05, 3.63) is 11.2 Å². The van der Waals surface area contributed by atoms with E-state index in [1.807, 2.05) is 6.26 Å². The van der Waals surface area contributed by atoms with E-state index < -0.39 is 10.0 Å². The number of aromatic nitrogens is 1. The maximum Gasteiger partial charge on any atom is 0.251 e. The van der Waals surface area contributed by atoms with Crippen LogP contribution in [-0.4, -0.2) is 42.7 Å². The lowest BCUT2D eigenvalue weighted by molar-refractivity contribution is 0.282. The smallest absolute Gasteiger partial charge is 0.251 e. The molecule has 17 heavy (non-hydrogen) atoms. The first-order valence-electron chi connectivity index (χ1n) is 4.99. The van der Waals surface area contributed by atoms with E-state index in [-0.39, 0.29) is 22.1 Å². The van der Waals surface area contributed by atoms with Gasteiger partial charge in [0.1, 0.15) is 0 Å². The fourth-order valence-corrected chi connectivity index (χ4v) is 4.40. The van der Waals surface area contributed by atoms with Crippen molar-refractivity contribution in [1.82, 2.24) is 9.71 Å². The maximum absolute atomic E-state index is 12.0. The van der Waals surface area contributed by atoms with E-state index in [9.17, 15) is 8.42 Å². The van der Waals surface area contributed by atoms with Gasteiger partial charge in [-0.3, -0.25) is 0 Å². The molecule has 1 aromatic heterocycles. The standard InChI is InChI=1S/C9H16N2O3S3/c1-6(8(5-12)15-3)11-17(13,14)9-4-10-7(2)16-9/h4,6,8,11-12H,5H2,1-3H3. The van der Waals surface area contributed by atoms with Crippen LogP contribution in [0.3, 0.4) is 0 Å². The topological polar surface area (TPSA) is 79.3 Å². The quantitative estimate of drug-likeness (QED) is 0.813. The monoisotopic (exact) mass is 296 g/mol. The van der Waals surface area contributed by atoms with E-state index in [0.717, 1.165) is 11.3 Å². The third-order valence-corrected chi connectivity index (χ3v) is 6.34. The molecule has 1 aromatic rings. The zero-order valence-corrected chi connectivity index (χ0v) is 12.3. The van der Waals surface area contributed by atoms with Crippen molar-refractivity contribution in [3.63, 3.8) is 0 Å². The molecule has 98 valence electrons. The van der Waals surface area contributed by atoms with Gasteiger partial charge in [-0.2, -0.15) is 11.8 Å². The Labute approximate surface area is 110 Å². The highest BCUT2D eigenvalue weighted by molar-refractivity contribution is 7.99.